The smallest absolute Gasteiger partial charge is 0.417 e. The molecule has 8 heteroatoms. The van der Waals surface area contributed by atoms with Crippen LogP contribution in [0.25, 0.3) is 6.08 Å². The van der Waals surface area contributed by atoms with Crippen molar-refractivity contribution >= 4 is 17.8 Å². The Labute approximate surface area is 166 Å². The van der Waals surface area contributed by atoms with E-state index in [-0.39, 0.29) is 18.6 Å². The number of aliphatic carboxylic acids is 1. The molecule has 2 rings (SSSR count). The zero-order chi connectivity index (χ0) is 21.6. The quantitative estimate of drug-likeness (QED) is 0.446. The highest BCUT2D eigenvalue weighted by atomic mass is 19.4. The number of rotatable bonds is 9. The number of carboxylic acids is 1. The molecule has 0 heterocycles. The maximum atomic E-state index is 14.0. The summed E-state index contributed by atoms with van der Waals surface area (Å²) >= 11 is 0. The second kappa shape index (κ2) is 10.0. The lowest BCUT2D eigenvalue weighted by Crippen LogP contribution is -2.18. The average molecular weight is 416 g/mol. The first kappa shape index (κ1) is 23.1. The Morgan fingerprint density at radius 3 is 2.52 bits per heavy atom. The normalized spacial score (nSPS) is 22.5. The fraction of sp³-hybridized carbons (Fsp3) is 0.524. The number of aliphatic hydroxyl groups is 1. The second-order valence-corrected chi connectivity index (χ2v) is 7.33. The predicted molar refractivity (Wildman–Crippen MR) is 98.4 cm³/mol. The summed E-state index contributed by atoms with van der Waals surface area (Å²) in [6, 6.07) is 2.70. The molecule has 29 heavy (non-hydrogen) atoms. The first-order chi connectivity index (χ1) is 13.6. The van der Waals surface area contributed by atoms with E-state index in [0.29, 0.717) is 25.7 Å². The third-order valence-electron chi connectivity index (χ3n) is 5.23. The first-order valence-electron chi connectivity index (χ1n) is 9.57. The molecule has 0 radical (unpaired) electrons. The maximum absolute atomic E-state index is 14.0. The summed E-state index contributed by atoms with van der Waals surface area (Å²) in [7, 11) is 0. The Hall–Kier alpha value is -2.22. The van der Waals surface area contributed by atoms with Crippen molar-refractivity contribution in [2.24, 2.45) is 11.8 Å². The van der Waals surface area contributed by atoms with Crippen LogP contribution in [-0.2, 0) is 15.8 Å². The molecule has 1 aliphatic carbocycles. The summed E-state index contributed by atoms with van der Waals surface area (Å²) in [5, 5.41) is 18.8. The molecule has 0 aromatic heterocycles. The number of unbranched alkanes of at least 4 members (excludes halogenated alkanes) is 3. The van der Waals surface area contributed by atoms with E-state index in [2.05, 4.69) is 0 Å². The highest BCUT2D eigenvalue weighted by Gasteiger charge is 2.40. The lowest BCUT2D eigenvalue weighted by molar-refractivity contribution is -0.138. The Bertz CT molecular complexity index is 758. The van der Waals surface area contributed by atoms with Gasteiger partial charge in [-0.3, -0.25) is 9.59 Å². The van der Waals surface area contributed by atoms with Crippen molar-refractivity contribution in [3.63, 3.8) is 0 Å². The van der Waals surface area contributed by atoms with E-state index in [1.54, 1.807) is 0 Å². The number of aliphatic hydroxyl groups excluding tert-OH is 1. The second-order valence-electron chi connectivity index (χ2n) is 7.33. The van der Waals surface area contributed by atoms with Crippen molar-refractivity contribution < 1.29 is 37.4 Å². The number of carbonyl (C=O) groups excluding carboxylic acids is 1. The van der Waals surface area contributed by atoms with Crippen LogP contribution in [0.15, 0.2) is 24.3 Å². The van der Waals surface area contributed by atoms with Crippen molar-refractivity contribution in [3.8, 4) is 0 Å². The lowest BCUT2D eigenvalue weighted by atomic mass is 9.88. The number of carboxylic acid groups (broad SMARTS) is 1. The van der Waals surface area contributed by atoms with Gasteiger partial charge in [-0.2, -0.15) is 13.2 Å². The summed E-state index contributed by atoms with van der Waals surface area (Å²) in [4.78, 5) is 22.7. The van der Waals surface area contributed by atoms with E-state index in [4.69, 9.17) is 5.11 Å². The summed E-state index contributed by atoms with van der Waals surface area (Å²) < 4.78 is 53.3. The Kier molecular flexibility index (Phi) is 7.96. The third-order valence-corrected chi connectivity index (χ3v) is 5.23. The Morgan fingerprint density at radius 2 is 1.86 bits per heavy atom. The van der Waals surface area contributed by atoms with Gasteiger partial charge in [0.2, 0.25) is 0 Å². The standard InChI is InChI=1S/C21H24F4O4/c22-17-8-5-7-16(21(23,24)25)15(17)11-10-14-13(18(26)12-19(14)27)6-3-1-2-4-9-20(28)29/h5,7-8,10-11,13-14,19,27H,1-4,6,9,12H2,(H,28,29)/b11-10+. The number of Topliss-reactive ketones (excluding diaryl/α,β-unsaturated/α-hetero) is 1. The summed E-state index contributed by atoms with van der Waals surface area (Å²) in [5.41, 5.74) is -1.72. The maximum Gasteiger partial charge on any atom is 0.417 e. The van der Waals surface area contributed by atoms with Crippen molar-refractivity contribution in [3.05, 3.63) is 41.2 Å². The Morgan fingerprint density at radius 1 is 1.17 bits per heavy atom. The summed E-state index contributed by atoms with van der Waals surface area (Å²) in [6.07, 6.45) is -0.398. The van der Waals surface area contributed by atoms with Gasteiger partial charge in [0.1, 0.15) is 11.6 Å². The SMILES string of the molecule is O=C(O)CCCCCCC1C(=O)CC(O)C1/C=C/c1c(F)cccc1C(F)(F)F. The molecule has 0 saturated heterocycles. The molecule has 1 aromatic rings. The number of carbonyl (C=O) groups is 2. The number of hydrogen-bond donors (Lipinski definition) is 2. The fourth-order valence-corrected chi connectivity index (χ4v) is 3.75. The molecule has 4 nitrogen and oxygen atoms in total. The van der Waals surface area contributed by atoms with Crippen LogP contribution in [0.2, 0.25) is 0 Å². The molecule has 1 aliphatic rings. The van der Waals surface area contributed by atoms with E-state index < -0.39 is 47.0 Å². The van der Waals surface area contributed by atoms with Crippen LogP contribution >= 0.6 is 0 Å². The van der Waals surface area contributed by atoms with Gasteiger partial charge >= 0.3 is 12.1 Å². The molecule has 1 fully saturated rings. The van der Waals surface area contributed by atoms with E-state index in [0.717, 1.165) is 30.7 Å². The number of hydrogen-bond acceptors (Lipinski definition) is 3. The molecule has 0 bridgehead atoms. The molecular weight excluding hydrogens is 392 g/mol. The topological polar surface area (TPSA) is 74.6 Å². The van der Waals surface area contributed by atoms with E-state index in [1.807, 2.05) is 0 Å². The molecule has 2 N–H and O–H groups in total. The minimum absolute atomic E-state index is 0.0800. The van der Waals surface area contributed by atoms with Gasteiger partial charge in [-0.25, -0.2) is 4.39 Å². The molecule has 1 saturated carbocycles. The predicted octanol–water partition coefficient (Wildman–Crippen LogP) is 4.85. The van der Waals surface area contributed by atoms with Crippen LogP contribution in [0.5, 0.6) is 0 Å². The van der Waals surface area contributed by atoms with Crippen molar-refractivity contribution in [1.82, 2.24) is 0 Å². The zero-order valence-electron chi connectivity index (χ0n) is 15.8. The molecule has 0 spiro atoms. The first-order valence-corrected chi connectivity index (χ1v) is 9.57. The van der Waals surface area contributed by atoms with Gasteiger partial charge in [0.15, 0.2) is 0 Å². The number of benzene rings is 1. The van der Waals surface area contributed by atoms with Gasteiger partial charge in [-0.05, 0) is 25.0 Å². The molecule has 160 valence electrons. The number of halogens is 4. The number of ketones is 1. The van der Waals surface area contributed by atoms with Gasteiger partial charge in [-0.1, -0.05) is 37.5 Å². The molecule has 3 atom stereocenters. The zero-order valence-corrected chi connectivity index (χ0v) is 15.8. The minimum atomic E-state index is -4.72. The van der Waals surface area contributed by atoms with E-state index in [9.17, 15) is 32.3 Å². The van der Waals surface area contributed by atoms with Crippen LogP contribution in [0.3, 0.4) is 0 Å². The van der Waals surface area contributed by atoms with Gasteiger partial charge in [-0.15, -0.1) is 0 Å². The van der Waals surface area contributed by atoms with E-state index in [1.165, 1.54) is 6.08 Å². The fourth-order valence-electron chi connectivity index (χ4n) is 3.75. The van der Waals surface area contributed by atoms with Crippen LogP contribution in [0, 0.1) is 17.7 Å². The summed E-state index contributed by atoms with van der Waals surface area (Å²) in [6.45, 7) is 0. The molecule has 1 aromatic carbocycles. The largest absolute Gasteiger partial charge is 0.481 e. The van der Waals surface area contributed by atoms with Gasteiger partial charge < -0.3 is 10.2 Å². The molecule has 3 unspecified atom stereocenters. The summed E-state index contributed by atoms with van der Waals surface area (Å²) in [5.74, 6) is -3.27. The van der Waals surface area contributed by atoms with Crippen molar-refractivity contribution in [2.75, 3.05) is 0 Å². The van der Waals surface area contributed by atoms with Crippen molar-refractivity contribution in [2.45, 2.75) is 57.2 Å². The van der Waals surface area contributed by atoms with Gasteiger partial charge in [0.25, 0.3) is 0 Å². The molecular formula is C21H24F4O4. The average Bonchev–Trinajstić information content (AvgIpc) is 2.88. The van der Waals surface area contributed by atoms with Crippen LogP contribution < -0.4 is 0 Å². The van der Waals surface area contributed by atoms with E-state index >= 15 is 0 Å². The highest BCUT2D eigenvalue weighted by molar-refractivity contribution is 5.85. The highest BCUT2D eigenvalue weighted by Crippen LogP contribution is 2.37. The van der Waals surface area contributed by atoms with Crippen LogP contribution in [0.4, 0.5) is 17.6 Å². The molecule has 0 amide bonds. The third kappa shape index (κ3) is 6.39. The van der Waals surface area contributed by atoms with Crippen molar-refractivity contribution in [1.29, 1.82) is 0 Å². The van der Waals surface area contributed by atoms with Crippen LogP contribution in [0.1, 0.15) is 56.1 Å². The number of alkyl halides is 3. The monoisotopic (exact) mass is 416 g/mol. The van der Waals surface area contributed by atoms with Gasteiger partial charge in [0, 0.05) is 30.2 Å². The minimum Gasteiger partial charge on any atom is -0.481 e. The van der Waals surface area contributed by atoms with Gasteiger partial charge in [0.05, 0.1) is 11.7 Å². The molecule has 0 aliphatic heterocycles. The Balaban J connectivity index is 2.06. The van der Waals surface area contributed by atoms with Crippen LogP contribution in [-0.4, -0.2) is 28.1 Å². The lowest BCUT2D eigenvalue weighted by Gasteiger charge is -2.18.